The Labute approximate surface area is 193 Å². The molecule has 0 aliphatic carbocycles. The summed E-state index contributed by atoms with van der Waals surface area (Å²) in [5.41, 5.74) is 5.11. The first-order valence-electron chi connectivity index (χ1n) is 10.7. The van der Waals surface area contributed by atoms with Crippen LogP contribution in [0.4, 0.5) is 17.1 Å². The Bertz CT molecular complexity index is 1240. The summed E-state index contributed by atoms with van der Waals surface area (Å²) < 4.78 is 6.19. The van der Waals surface area contributed by atoms with E-state index in [0.29, 0.717) is 34.1 Å². The lowest BCUT2D eigenvalue weighted by Crippen LogP contribution is -2.13. The number of phenols is 3. The van der Waals surface area contributed by atoms with Gasteiger partial charge in [-0.05, 0) is 74.7 Å². The van der Waals surface area contributed by atoms with Gasteiger partial charge < -0.3 is 25.0 Å². The average Bonchev–Trinajstić information content (AvgIpc) is 2.78. The first kappa shape index (κ1) is 22.1. The second kappa shape index (κ2) is 8.79. The van der Waals surface area contributed by atoms with Crippen molar-refractivity contribution in [1.29, 1.82) is 0 Å². The van der Waals surface area contributed by atoms with Gasteiger partial charge in [-0.2, -0.15) is 0 Å². The zero-order valence-electron chi connectivity index (χ0n) is 19.1. The van der Waals surface area contributed by atoms with Gasteiger partial charge in [-0.3, -0.25) is 0 Å². The van der Waals surface area contributed by atoms with Gasteiger partial charge in [-0.1, -0.05) is 36.4 Å². The highest BCUT2D eigenvalue weighted by Gasteiger charge is 2.23. The topological polar surface area (TPSA) is 73.2 Å². The first-order valence-corrected chi connectivity index (χ1v) is 10.7. The van der Waals surface area contributed by atoms with Crippen LogP contribution in [0.5, 0.6) is 28.7 Å². The Morgan fingerprint density at radius 2 is 1.18 bits per heavy atom. The van der Waals surface area contributed by atoms with E-state index >= 15 is 0 Å². The summed E-state index contributed by atoms with van der Waals surface area (Å²) in [5, 5.41) is 31.7. The molecule has 0 amide bonds. The van der Waals surface area contributed by atoms with Gasteiger partial charge in [0.25, 0.3) is 0 Å². The Kier molecular flexibility index (Phi) is 5.88. The molecule has 3 N–H and O–H groups in total. The van der Waals surface area contributed by atoms with Gasteiger partial charge in [0.05, 0.1) is 17.1 Å². The van der Waals surface area contributed by atoms with E-state index in [1.54, 1.807) is 30.3 Å². The van der Waals surface area contributed by atoms with E-state index in [2.05, 4.69) is 0 Å². The first-order chi connectivity index (χ1) is 15.8. The van der Waals surface area contributed by atoms with E-state index in [4.69, 9.17) is 4.74 Å². The second-order valence-corrected chi connectivity index (χ2v) is 8.18. The number of para-hydroxylation sites is 2. The summed E-state index contributed by atoms with van der Waals surface area (Å²) in [4.78, 5) is 1.84. The van der Waals surface area contributed by atoms with E-state index in [0.717, 1.165) is 16.7 Å². The quantitative estimate of drug-likeness (QED) is 0.303. The van der Waals surface area contributed by atoms with E-state index < -0.39 is 0 Å². The van der Waals surface area contributed by atoms with Crippen LogP contribution in [0.15, 0.2) is 72.8 Å². The van der Waals surface area contributed by atoms with Crippen molar-refractivity contribution in [2.45, 2.75) is 27.7 Å². The lowest BCUT2D eigenvalue weighted by atomic mass is 10.1. The van der Waals surface area contributed by atoms with Crippen LogP contribution in [0.1, 0.15) is 22.3 Å². The fraction of sp³-hybridized carbons (Fsp3) is 0.143. The van der Waals surface area contributed by atoms with Gasteiger partial charge in [0.15, 0.2) is 0 Å². The van der Waals surface area contributed by atoms with Crippen LogP contribution in [0.2, 0.25) is 0 Å². The maximum Gasteiger partial charge on any atom is 0.139 e. The van der Waals surface area contributed by atoms with Gasteiger partial charge >= 0.3 is 0 Å². The molecular formula is C28H27NO4. The molecule has 5 heteroatoms. The highest BCUT2D eigenvalue weighted by atomic mass is 16.5. The minimum Gasteiger partial charge on any atom is -0.508 e. The summed E-state index contributed by atoms with van der Waals surface area (Å²) in [6.45, 7) is 7.56. The van der Waals surface area contributed by atoms with Crippen molar-refractivity contribution in [2.24, 2.45) is 0 Å². The largest absolute Gasteiger partial charge is 0.508 e. The molecule has 4 aromatic rings. The van der Waals surface area contributed by atoms with E-state index in [1.165, 1.54) is 0 Å². The molecule has 0 aromatic heterocycles. The number of hydrogen-bond donors (Lipinski definition) is 3. The third kappa shape index (κ3) is 4.17. The maximum atomic E-state index is 10.8. The van der Waals surface area contributed by atoms with Crippen molar-refractivity contribution in [1.82, 2.24) is 0 Å². The predicted molar refractivity (Wildman–Crippen MR) is 132 cm³/mol. The Morgan fingerprint density at radius 3 is 1.76 bits per heavy atom. The van der Waals surface area contributed by atoms with E-state index in [-0.39, 0.29) is 17.2 Å². The third-order valence-electron chi connectivity index (χ3n) is 5.75. The maximum absolute atomic E-state index is 10.8. The summed E-state index contributed by atoms with van der Waals surface area (Å²) in [6, 6.07) is 21.6. The van der Waals surface area contributed by atoms with E-state index in [9.17, 15) is 15.3 Å². The lowest BCUT2D eigenvalue weighted by molar-refractivity contribution is 0.446. The minimum absolute atomic E-state index is 0.101. The minimum atomic E-state index is 0.101. The van der Waals surface area contributed by atoms with Crippen molar-refractivity contribution >= 4 is 17.1 Å². The molecule has 0 aliphatic heterocycles. The van der Waals surface area contributed by atoms with E-state index in [1.807, 2.05) is 75.1 Å². The monoisotopic (exact) mass is 441 g/mol. The highest BCUT2D eigenvalue weighted by Crippen LogP contribution is 2.47. The number of ether oxygens (including phenoxy) is 1. The molecule has 0 bridgehead atoms. The zero-order valence-corrected chi connectivity index (χ0v) is 19.1. The van der Waals surface area contributed by atoms with Gasteiger partial charge in [-0.25, -0.2) is 0 Å². The number of rotatable bonds is 5. The number of aromatic hydroxyl groups is 3. The van der Waals surface area contributed by atoms with Gasteiger partial charge in [-0.15, -0.1) is 0 Å². The molecular weight excluding hydrogens is 414 g/mol. The molecule has 0 unspecified atom stereocenters. The van der Waals surface area contributed by atoms with Crippen LogP contribution in [-0.4, -0.2) is 15.3 Å². The molecule has 0 heterocycles. The standard InChI is InChI=1S/C28H27NO4/c1-17-8-5-12-24(31)26(17)29(27-18(2)9-6-13-25(27)32)21-10-7-11-22(16-21)33-28-19(3)14-15-23(30)20(28)4/h5-16,30-32H,1-4H3. The van der Waals surface area contributed by atoms with Crippen LogP contribution in [0, 0.1) is 27.7 Å². The molecule has 0 fully saturated rings. The average molecular weight is 442 g/mol. The molecule has 0 saturated heterocycles. The fourth-order valence-electron chi connectivity index (χ4n) is 4.02. The summed E-state index contributed by atoms with van der Waals surface area (Å²) in [5.74, 6) is 1.53. The predicted octanol–water partition coefficient (Wildman–Crippen LogP) is 7.30. The van der Waals surface area contributed by atoms with Gasteiger partial charge in [0, 0.05) is 11.6 Å². The van der Waals surface area contributed by atoms with Gasteiger partial charge in [0.2, 0.25) is 0 Å². The molecule has 0 aliphatic rings. The van der Waals surface area contributed by atoms with Crippen molar-refractivity contribution in [2.75, 3.05) is 4.90 Å². The highest BCUT2D eigenvalue weighted by molar-refractivity contribution is 5.86. The Morgan fingerprint density at radius 1 is 0.606 bits per heavy atom. The Balaban J connectivity index is 1.89. The zero-order chi connectivity index (χ0) is 23.7. The lowest BCUT2D eigenvalue weighted by Gasteiger charge is -2.29. The molecule has 33 heavy (non-hydrogen) atoms. The molecule has 168 valence electrons. The molecule has 0 atom stereocenters. The number of anilines is 3. The van der Waals surface area contributed by atoms with Gasteiger partial charge in [0.1, 0.15) is 28.7 Å². The van der Waals surface area contributed by atoms with Crippen molar-refractivity contribution in [3.05, 3.63) is 95.1 Å². The molecule has 4 rings (SSSR count). The van der Waals surface area contributed by atoms with Crippen LogP contribution >= 0.6 is 0 Å². The molecule has 5 nitrogen and oxygen atoms in total. The number of phenolic OH excluding ortho intramolecular Hbond substituents is 3. The molecule has 4 aromatic carbocycles. The van der Waals surface area contributed by atoms with Crippen LogP contribution in [-0.2, 0) is 0 Å². The van der Waals surface area contributed by atoms with Crippen LogP contribution < -0.4 is 9.64 Å². The van der Waals surface area contributed by atoms with Crippen molar-refractivity contribution in [3.8, 4) is 28.7 Å². The number of benzene rings is 4. The molecule has 0 spiro atoms. The number of hydrogen-bond acceptors (Lipinski definition) is 5. The van der Waals surface area contributed by atoms with Crippen molar-refractivity contribution in [3.63, 3.8) is 0 Å². The summed E-state index contributed by atoms with van der Waals surface area (Å²) in [6.07, 6.45) is 0. The SMILES string of the molecule is Cc1ccc(O)c(C)c1Oc1cccc(N(c2c(C)cccc2O)c2c(C)cccc2O)c1. The van der Waals surface area contributed by atoms with Crippen LogP contribution in [0.3, 0.4) is 0 Å². The molecule has 0 saturated carbocycles. The van der Waals surface area contributed by atoms with Crippen LogP contribution in [0.25, 0.3) is 0 Å². The summed E-state index contributed by atoms with van der Waals surface area (Å²) in [7, 11) is 0. The second-order valence-electron chi connectivity index (χ2n) is 8.18. The van der Waals surface area contributed by atoms with Crippen molar-refractivity contribution < 1.29 is 20.1 Å². The number of nitrogens with zero attached hydrogens (tertiary/aromatic N) is 1. The smallest absolute Gasteiger partial charge is 0.139 e. The Hall–Kier alpha value is -4.12. The summed E-state index contributed by atoms with van der Waals surface area (Å²) >= 11 is 0. The fourth-order valence-corrected chi connectivity index (χ4v) is 4.02. The number of aryl methyl sites for hydroxylation is 3. The molecule has 0 radical (unpaired) electrons. The third-order valence-corrected chi connectivity index (χ3v) is 5.75. The normalized spacial score (nSPS) is 10.8.